The molecule has 0 saturated carbocycles. The Hall–Kier alpha value is -0.870. The molecule has 0 amide bonds. The summed E-state index contributed by atoms with van der Waals surface area (Å²) in [6, 6.07) is 2.64. The highest BCUT2D eigenvalue weighted by atomic mass is 15.3. The summed E-state index contributed by atoms with van der Waals surface area (Å²) >= 11 is 0. The normalized spacial score (nSPS) is 13.9. The van der Waals surface area contributed by atoms with Crippen LogP contribution in [0.4, 0.5) is 0 Å². The third-order valence-corrected chi connectivity index (χ3v) is 5.02. The standard InChI is InChI=1S/C17H34N4/c1-7-13-18-16(17(8-2,9-3)20(4)5)11-10-15-12-14-19-21(15)6/h12,14,16,18H,7-11,13H2,1-6H3. The van der Waals surface area contributed by atoms with Crippen molar-refractivity contribution in [3.05, 3.63) is 18.0 Å². The first-order chi connectivity index (χ1) is 10.0. The van der Waals surface area contributed by atoms with E-state index in [-0.39, 0.29) is 5.54 Å². The molecule has 0 aromatic carbocycles. The topological polar surface area (TPSA) is 33.1 Å². The van der Waals surface area contributed by atoms with Gasteiger partial charge in [0.15, 0.2) is 0 Å². The predicted molar refractivity (Wildman–Crippen MR) is 90.6 cm³/mol. The first kappa shape index (κ1) is 18.2. The molecule has 0 spiro atoms. The van der Waals surface area contributed by atoms with Crippen LogP contribution in [0, 0.1) is 0 Å². The number of nitrogens with one attached hydrogen (secondary N) is 1. The molecule has 1 heterocycles. The largest absolute Gasteiger partial charge is 0.312 e. The maximum atomic E-state index is 4.28. The summed E-state index contributed by atoms with van der Waals surface area (Å²) in [5.41, 5.74) is 1.55. The van der Waals surface area contributed by atoms with E-state index in [1.54, 1.807) is 0 Å². The van der Waals surface area contributed by atoms with Gasteiger partial charge in [-0.3, -0.25) is 4.68 Å². The zero-order valence-electron chi connectivity index (χ0n) is 14.8. The molecule has 0 aliphatic rings. The van der Waals surface area contributed by atoms with Crippen molar-refractivity contribution < 1.29 is 0 Å². The minimum atomic E-state index is 0.230. The number of rotatable bonds is 10. The summed E-state index contributed by atoms with van der Waals surface area (Å²) in [5.74, 6) is 0. The molecule has 1 rings (SSSR count). The molecule has 0 radical (unpaired) electrons. The maximum absolute atomic E-state index is 4.28. The molecule has 0 fully saturated rings. The van der Waals surface area contributed by atoms with Crippen molar-refractivity contribution in [2.24, 2.45) is 7.05 Å². The van der Waals surface area contributed by atoms with Gasteiger partial charge in [-0.15, -0.1) is 0 Å². The quantitative estimate of drug-likeness (QED) is 0.720. The third kappa shape index (κ3) is 4.30. The Bertz CT molecular complexity index is 393. The second kappa shape index (κ2) is 8.54. The molecule has 1 unspecified atom stereocenters. The van der Waals surface area contributed by atoms with Crippen LogP contribution < -0.4 is 5.32 Å². The fourth-order valence-corrected chi connectivity index (χ4v) is 3.50. The van der Waals surface area contributed by atoms with Crippen molar-refractivity contribution >= 4 is 0 Å². The molecular weight excluding hydrogens is 260 g/mol. The first-order valence-corrected chi connectivity index (χ1v) is 8.39. The second-order valence-electron chi connectivity index (χ2n) is 6.20. The van der Waals surface area contributed by atoms with E-state index in [4.69, 9.17) is 0 Å². The first-order valence-electron chi connectivity index (χ1n) is 8.39. The van der Waals surface area contributed by atoms with Gasteiger partial charge in [0.05, 0.1) is 0 Å². The summed E-state index contributed by atoms with van der Waals surface area (Å²) in [7, 11) is 6.47. The summed E-state index contributed by atoms with van der Waals surface area (Å²) in [4.78, 5) is 2.42. The minimum absolute atomic E-state index is 0.230. The highest BCUT2D eigenvalue weighted by Crippen LogP contribution is 2.28. The van der Waals surface area contributed by atoms with Gasteiger partial charge in [0, 0.05) is 30.5 Å². The smallest absolute Gasteiger partial charge is 0.0492 e. The molecule has 0 saturated heterocycles. The van der Waals surface area contributed by atoms with E-state index in [0.717, 1.165) is 19.4 Å². The number of hydrogen-bond donors (Lipinski definition) is 1. The number of nitrogens with zero attached hydrogens (tertiary/aromatic N) is 3. The third-order valence-electron chi connectivity index (χ3n) is 5.02. The van der Waals surface area contributed by atoms with Crippen molar-refractivity contribution in [2.45, 2.75) is 64.5 Å². The van der Waals surface area contributed by atoms with Gasteiger partial charge in [-0.25, -0.2) is 0 Å². The molecule has 1 N–H and O–H groups in total. The van der Waals surface area contributed by atoms with Gasteiger partial charge in [-0.2, -0.15) is 5.10 Å². The van der Waals surface area contributed by atoms with Gasteiger partial charge >= 0.3 is 0 Å². The van der Waals surface area contributed by atoms with Crippen LogP contribution in [0.2, 0.25) is 0 Å². The summed E-state index contributed by atoms with van der Waals surface area (Å²) in [6.45, 7) is 7.95. The fraction of sp³-hybridized carbons (Fsp3) is 0.824. The van der Waals surface area contributed by atoms with Gasteiger partial charge in [0.1, 0.15) is 0 Å². The van der Waals surface area contributed by atoms with E-state index in [1.807, 2.05) is 17.9 Å². The molecular formula is C17H34N4. The minimum Gasteiger partial charge on any atom is -0.312 e. The van der Waals surface area contributed by atoms with E-state index >= 15 is 0 Å². The van der Waals surface area contributed by atoms with E-state index in [1.165, 1.54) is 25.0 Å². The van der Waals surface area contributed by atoms with Crippen LogP contribution in [0.15, 0.2) is 12.3 Å². The average molecular weight is 294 g/mol. The summed E-state index contributed by atoms with van der Waals surface area (Å²) in [5, 5.41) is 8.08. The number of hydrogen-bond acceptors (Lipinski definition) is 3. The van der Waals surface area contributed by atoms with Crippen molar-refractivity contribution in [1.29, 1.82) is 0 Å². The Morgan fingerprint density at radius 1 is 1.29 bits per heavy atom. The van der Waals surface area contributed by atoms with Gasteiger partial charge in [-0.1, -0.05) is 20.8 Å². The summed E-state index contributed by atoms with van der Waals surface area (Å²) < 4.78 is 1.99. The van der Waals surface area contributed by atoms with Crippen LogP contribution >= 0.6 is 0 Å². The van der Waals surface area contributed by atoms with Gasteiger partial charge in [0.2, 0.25) is 0 Å². The molecule has 4 heteroatoms. The van der Waals surface area contributed by atoms with Gasteiger partial charge < -0.3 is 10.2 Å². The predicted octanol–water partition coefficient (Wildman–Crippen LogP) is 2.84. The Kier molecular flexibility index (Phi) is 7.40. The zero-order chi connectivity index (χ0) is 15.9. The van der Waals surface area contributed by atoms with Crippen LogP contribution in [0.25, 0.3) is 0 Å². The molecule has 1 atom stereocenters. The van der Waals surface area contributed by atoms with Crippen LogP contribution in [-0.4, -0.2) is 46.9 Å². The highest BCUT2D eigenvalue weighted by molar-refractivity contribution is 5.04. The summed E-state index contributed by atoms with van der Waals surface area (Å²) in [6.07, 6.45) is 7.64. The van der Waals surface area contributed by atoms with Crippen molar-refractivity contribution in [1.82, 2.24) is 20.0 Å². The van der Waals surface area contributed by atoms with Crippen LogP contribution in [0.5, 0.6) is 0 Å². The number of aromatic nitrogens is 2. The lowest BCUT2D eigenvalue weighted by atomic mass is 9.80. The Morgan fingerprint density at radius 2 is 1.95 bits per heavy atom. The lowest BCUT2D eigenvalue weighted by molar-refractivity contribution is 0.0840. The molecule has 0 aliphatic heterocycles. The molecule has 1 aromatic rings. The molecule has 0 aliphatic carbocycles. The molecule has 122 valence electrons. The van der Waals surface area contributed by atoms with E-state index in [9.17, 15) is 0 Å². The average Bonchev–Trinajstić information content (AvgIpc) is 2.87. The number of aryl methyl sites for hydroxylation is 2. The molecule has 0 bridgehead atoms. The van der Waals surface area contributed by atoms with E-state index < -0.39 is 0 Å². The Labute approximate surface area is 130 Å². The second-order valence-corrected chi connectivity index (χ2v) is 6.20. The lowest BCUT2D eigenvalue weighted by Crippen LogP contribution is -2.58. The highest BCUT2D eigenvalue weighted by Gasteiger charge is 2.37. The van der Waals surface area contributed by atoms with Crippen LogP contribution in [0.1, 0.15) is 52.1 Å². The van der Waals surface area contributed by atoms with E-state index in [0.29, 0.717) is 6.04 Å². The van der Waals surface area contributed by atoms with Crippen LogP contribution in [-0.2, 0) is 13.5 Å². The molecule has 1 aromatic heterocycles. The maximum Gasteiger partial charge on any atom is 0.0492 e. The van der Waals surface area contributed by atoms with Crippen molar-refractivity contribution in [2.75, 3.05) is 20.6 Å². The van der Waals surface area contributed by atoms with Gasteiger partial charge in [0.25, 0.3) is 0 Å². The van der Waals surface area contributed by atoms with Crippen molar-refractivity contribution in [3.63, 3.8) is 0 Å². The van der Waals surface area contributed by atoms with Crippen LogP contribution in [0.3, 0.4) is 0 Å². The zero-order valence-corrected chi connectivity index (χ0v) is 14.8. The van der Waals surface area contributed by atoms with E-state index in [2.05, 4.69) is 56.2 Å². The number of likely N-dealkylation sites (N-methyl/N-ethyl adjacent to an activating group) is 1. The Morgan fingerprint density at radius 3 is 2.38 bits per heavy atom. The SMILES string of the molecule is CCCNC(CCc1ccnn1C)C(CC)(CC)N(C)C. The molecule has 4 nitrogen and oxygen atoms in total. The van der Waals surface area contributed by atoms with Gasteiger partial charge in [-0.05, 0) is 58.8 Å². The lowest BCUT2D eigenvalue weighted by Gasteiger charge is -2.46. The molecule has 21 heavy (non-hydrogen) atoms. The van der Waals surface area contributed by atoms with Crippen molar-refractivity contribution in [3.8, 4) is 0 Å². The fourth-order valence-electron chi connectivity index (χ4n) is 3.50. The monoisotopic (exact) mass is 294 g/mol. The Balaban J connectivity index is 2.85.